The maximum atomic E-state index is 11.7. The van der Waals surface area contributed by atoms with E-state index >= 15 is 0 Å². The molecule has 4 heterocycles. The van der Waals surface area contributed by atoms with Gasteiger partial charge in [0, 0.05) is 55.8 Å². The molecular weight excluding hydrogens is 470 g/mol. The molecule has 1 fully saturated rings. The molecule has 7 nitrogen and oxygen atoms in total. The molecule has 1 aromatic heterocycles. The van der Waals surface area contributed by atoms with Crippen molar-refractivity contribution in [1.82, 2.24) is 9.80 Å². The maximum Gasteiger partial charge on any atom is 0.224 e. The summed E-state index contributed by atoms with van der Waals surface area (Å²) in [4.78, 5) is 23.0. The number of thiophene rings is 1. The van der Waals surface area contributed by atoms with Gasteiger partial charge in [0.15, 0.2) is 0 Å². The minimum Gasteiger partial charge on any atom is -0.493 e. The Morgan fingerprint density at radius 3 is 2.75 bits per heavy atom. The zero-order valence-corrected chi connectivity index (χ0v) is 21.4. The number of hydrogen-bond donors (Lipinski definition) is 2. The van der Waals surface area contributed by atoms with Gasteiger partial charge in [-0.3, -0.25) is 9.69 Å². The summed E-state index contributed by atoms with van der Waals surface area (Å²) in [5.74, 6) is 1.98. The Morgan fingerprint density at radius 2 is 1.86 bits per heavy atom. The molecule has 1 saturated heterocycles. The van der Waals surface area contributed by atoms with Crippen molar-refractivity contribution in [2.24, 2.45) is 4.99 Å². The summed E-state index contributed by atoms with van der Waals surface area (Å²) in [6.07, 6.45) is 2.33. The molecule has 8 heteroatoms. The van der Waals surface area contributed by atoms with Gasteiger partial charge in [-0.05, 0) is 49.6 Å². The Kier molecular flexibility index (Phi) is 6.37. The minimum atomic E-state index is 0.0828. The van der Waals surface area contributed by atoms with Crippen LogP contribution < -0.4 is 15.4 Å². The summed E-state index contributed by atoms with van der Waals surface area (Å²) in [7, 11) is 0. The van der Waals surface area contributed by atoms with E-state index in [4.69, 9.17) is 9.73 Å². The largest absolute Gasteiger partial charge is 0.493 e. The highest BCUT2D eigenvalue weighted by Gasteiger charge is 2.26. The van der Waals surface area contributed by atoms with Crippen LogP contribution in [0, 0.1) is 6.92 Å². The van der Waals surface area contributed by atoms with Gasteiger partial charge in [-0.2, -0.15) is 0 Å². The average Bonchev–Trinajstić information content (AvgIpc) is 3.18. The number of carbonyl (C=O) groups is 1. The molecule has 2 N–H and O–H groups in total. The lowest BCUT2D eigenvalue weighted by molar-refractivity contribution is -0.116. The highest BCUT2D eigenvalue weighted by molar-refractivity contribution is 7.16. The van der Waals surface area contributed by atoms with Crippen LogP contribution in [0.25, 0.3) is 0 Å². The van der Waals surface area contributed by atoms with Crippen LogP contribution in [-0.4, -0.2) is 60.9 Å². The van der Waals surface area contributed by atoms with Crippen molar-refractivity contribution < 1.29 is 9.53 Å². The first-order valence-electron chi connectivity index (χ1n) is 12.7. The molecule has 0 unspecified atom stereocenters. The van der Waals surface area contributed by atoms with Gasteiger partial charge in [0.25, 0.3) is 0 Å². The fourth-order valence-corrected chi connectivity index (χ4v) is 6.01. The van der Waals surface area contributed by atoms with Crippen LogP contribution in [0.15, 0.2) is 53.5 Å². The number of para-hydroxylation sites is 2. The number of aryl methyl sites for hydroxylation is 2. The number of aliphatic imine (C=N–C) groups is 1. The lowest BCUT2D eigenvalue weighted by atomic mass is 10.0. The zero-order valence-electron chi connectivity index (χ0n) is 20.5. The molecule has 3 aliphatic heterocycles. The Morgan fingerprint density at radius 1 is 1.00 bits per heavy atom. The zero-order chi connectivity index (χ0) is 24.5. The van der Waals surface area contributed by atoms with Crippen LogP contribution in [-0.2, 0) is 11.2 Å². The Labute approximate surface area is 215 Å². The van der Waals surface area contributed by atoms with Crippen molar-refractivity contribution in [3.8, 4) is 5.75 Å². The Balaban J connectivity index is 1.03. The highest BCUT2D eigenvalue weighted by atomic mass is 32.1. The van der Waals surface area contributed by atoms with E-state index in [1.165, 1.54) is 21.0 Å². The summed E-state index contributed by atoms with van der Waals surface area (Å²) < 4.78 is 5.99. The van der Waals surface area contributed by atoms with Gasteiger partial charge in [-0.25, -0.2) is 4.99 Å². The van der Waals surface area contributed by atoms with E-state index in [-0.39, 0.29) is 5.91 Å². The van der Waals surface area contributed by atoms with Gasteiger partial charge in [0.1, 0.15) is 16.6 Å². The van der Waals surface area contributed by atoms with Crippen molar-refractivity contribution in [3.63, 3.8) is 0 Å². The summed E-state index contributed by atoms with van der Waals surface area (Å²) in [6, 6.07) is 16.6. The van der Waals surface area contributed by atoms with Crippen LogP contribution in [0.2, 0.25) is 0 Å². The monoisotopic (exact) mass is 501 g/mol. The van der Waals surface area contributed by atoms with Gasteiger partial charge in [-0.1, -0.05) is 18.2 Å². The number of rotatable bonds is 5. The second kappa shape index (κ2) is 9.95. The molecule has 3 aromatic rings. The SMILES string of the molecule is Cc1cc2c(s1)Nc1ccccc1N=C2N1CCN(CCCOc2ccc3c(c2)NC(=O)CC3)CC1. The summed E-state index contributed by atoms with van der Waals surface area (Å²) in [5.41, 5.74) is 5.34. The van der Waals surface area contributed by atoms with Gasteiger partial charge in [0.05, 0.1) is 23.5 Å². The summed E-state index contributed by atoms with van der Waals surface area (Å²) in [6.45, 7) is 7.77. The third-order valence-corrected chi connectivity index (χ3v) is 7.98. The number of amidine groups is 1. The number of piperazine rings is 1. The number of ether oxygens (including phenoxy) is 1. The highest BCUT2D eigenvalue weighted by Crippen LogP contribution is 2.39. The molecule has 0 bridgehead atoms. The minimum absolute atomic E-state index is 0.0828. The predicted octanol–water partition coefficient (Wildman–Crippen LogP) is 5.16. The molecule has 3 aliphatic rings. The molecule has 2 aromatic carbocycles. The van der Waals surface area contributed by atoms with Crippen molar-refractivity contribution in [1.29, 1.82) is 0 Å². The molecule has 36 heavy (non-hydrogen) atoms. The van der Waals surface area contributed by atoms with E-state index < -0.39 is 0 Å². The van der Waals surface area contributed by atoms with Crippen LogP contribution in [0.4, 0.5) is 22.1 Å². The van der Waals surface area contributed by atoms with Crippen LogP contribution in [0.5, 0.6) is 5.75 Å². The molecule has 0 spiro atoms. The number of benzene rings is 2. The Hall–Kier alpha value is -3.36. The second-order valence-corrected chi connectivity index (χ2v) is 10.8. The third kappa shape index (κ3) is 4.83. The summed E-state index contributed by atoms with van der Waals surface area (Å²) >= 11 is 1.79. The normalized spacial score (nSPS) is 17.2. The van der Waals surface area contributed by atoms with E-state index in [1.807, 2.05) is 18.2 Å². The van der Waals surface area contributed by atoms with E-state index in [2.05, 4.69) is 57.7 Å². The first-order chi connectivity index (χ1) is 17.6. The smallest absolute Gasteiger partial charge is 0.224 e. The van der Waals surface area contributed by atoms with Crippen molar-refractivity contribution in [3.05, 3.63) is 64.5 Å². The van der Waals surface area contributed by atoms with Crippen molar-refractivity contribution in [2.75, 3.05) is 50.0 Å². The fourth-order valence-electron chi connectivity index (χ4n) is 5.09. The molecule has 0 saturated carbocycles. The third-order valence-electron chi connectivity index (χ3n) is 7.01. The van der Waals surface area contributed by atoms with Gasteiger partial charge < -0.3 is 20.3 Å². The second-order valence-electron chi connectivity index (χ2n) is 9.58. The van der Waals surface area contributed by atoms with Gasteiger partial charge >= 0.3 is 0 Å². The molecule has 0 aliphatic carbocycles. The Bertz CT molecular complexity index is 1310. The predicted molar refractivity (Wildman–Crippen MR) is 146 cm³/mol. The molecule has 0 radical (unpaired) electrons. The first kappa shape index (κ1) is 23.1. The first-order valence-corrected chi connectivity index (χ1v) is 13.5. The molecule has 1 amide bonds. The molecule has 0 atom stereocenters. The van der Waals surface area contributed by atoms with E-state index in [0.29, 0.717) is 13.0 Å². The van der Waals surface area contributed by atoms with Crippen LogP contribution in [0.1, 0.15) is 28.8 Å². The number of hydrogen-bond acceptors (Lipinski definition) is 7. The van der Waals surface area contributed by atoms with Gasteiger partial charge in [-0.15, -0.1) is 11.3 Å². The average molecular weight is 502 g/mol. The standard InChI is InChI=1S/C28H31N5O2S/c1-19-17-22-27(30-23-5-2-3-6-24(23)31-28(22)36-19)33-14-12-32(13-15-33)11-4-16-35-21-9-7-20-8-10-26(34)29-25(20)18-21/h2-3,5-7,9,17-18,31H,4,8,10-16H2,1H3,(H,29,34). The fraction of sp³-hybridized carbons (Fsp3) is 0.357. The van der Waals surface area contributed by atoms with Crippen molar-refractivity contribution >= 4 is 45.1 Å². The lowest BCUT2D eigenvalue weighted by Gasteiger charge is -2.36. The topological polar surface area (TPSA) is 69.2 Å². The number of amides is 1. The number of carbonyl (C=O) groups excluding carboxylic acids is 1. The van der Waals surface area contributed by atoms with E-state index in [1.54, 1.807) is 11.3 Å². The number of anilines is 3. The van der Waals surface area contributed by atoms with Gasteiger partial charge in [0.2, 0.25) is 5.91 Å². The number of nitrogens with zero attached hydrogens (tertiary/aromatic N) is 3. The van der Waals surface area contributed by atoms with Crippen LogP contribution >= 0.6 is 11.3 Å². The number of fused-ring (bicyclic) bond motifs is 3. The molecule has 6 rings (SSSR count). The maximum absolute atomic E-state index is 11.7. The van der Waals surface area contributed by atoms with Crippen molar-refractivity contribution in [2.45, 2.75) is 26.2 Å². The van der Waals surface area contributed by atoms with E-state index in [0.717, 1.165) is 74.2 Å². The quantitative estimate of drug-likeness (QED) is 0.473. The number of nitrogens with one attached hydrogen (secondary N) is 2. The molecular formula is C28H31N5O2S. The van der Waals surface area contributed by atoms with E-state index in [9.17, 15) is 4.79 Å². The molecule has 186 valence electrons. The lowest BCUT2D eigenvalue weighted by Crippen LogP contribution is -2.49. The van der Waals surface area contributed by atoms with Crippen LogP contribution in [0.3, 0.4) is 0 Å². The summed E-state index contributed by atoms with van der Waals surface area (Å²) in [5, 5.41) is 7.72.